The molecule has 0 aromatic carbocycles. The van der Waals surface area contributed by atoms with Gasteiger partial charge in [0.25, 0.3) is 0 Å². The van der Waals surface area contributed by atoms with E-state index in [1.807, 2.05) is 13.0 Å². The maximum atomic E-state index is 12.4. The third-order valence-corrected chi connectivity index (χ3v) is 6.03. The first kappa shape index (κ1) is 15.3. The average Bonchev–Trinajstić information content (AvgIpc) is 2.45. The van der Waals surface area contributed by atoms with E-state index in [1.165, 1.54) is 0 Å². The fourth-order valence-corrected chi connectivity index (χ4v) is 4.86. The van der Waals surface area contributed by atoms with Crippen molar-refractivity contribution in [3.8, 4) is 5.75 Å². The largest absolute Gasteiger partial charge is 0.495 e. The molecule has 0 saturated carbocycles. The second-order valence-electron chi connectivity index (χ2n) is 5.03. The van der Waals surface area contributed by atoms with Crippen LogP contribution in [0.4, 0.5) is 0 Å². The molecule has 1 N–H and O–H groups in total. The number of nitrogens with zero attached hydrogens (tertiary/aromatic N) is 1. The lowest BCUT2D eigenvalue weighted by Crippen LogP contribution is -2.41. The van der Waals surface area contributed by atoms with Gasteiger partial charge < -0.3 is 10.1 Å². The summed E-state index contributed by atoms with van der Waals surface area (Å²) in [6, 6.07) is 3.31. The maximum Gasteiger partial charge on any atom is 0.155 e. The van der Waals surface area contributed by atoms with Crippen LogP contribution in [0.15, 0.2) is 18.3 Å². The maximum absolute atomic E-state index is 12.4. The molecule has 0 bridgehead atoms. The first-order chi connectivity index (χ1) is 9.60. The lowest BCUT2D eigenvalue weighted by molar-refractivity contribution is 0.384. The minimum atomic E-state index is -3.08. The summed E-state index contributed by atoms with van der Waals surface area (Å²) in [6.07, 6.45) is 4.06. The van der Waals surface area contributed by atoms with Crippen LogP contribution in [0.2, 0.25) is 0 Å². The van der Waals surface area contributed by atoms with Gasteiger partial charge in [0.05, 0.1) is 24.2 Å². The predicted octanol–water partition coefficient (Wildman–Crippen LogP) is 1.71. The monoisotopic (exact) mass is 298 g/mol. The quantitative estimate of drug-likeness (QED) is 0.896. The van der Waals surface area contributed by atoms with Crippen molar-refractivity contribution in [2.45, 2.75) is 37.5 Å². The lowest BCUT2D eigenvalue weighted by atomic mass is 10.0. The molecule has 2 rings (SSSR count). The predicted molar refractivity (Wildman–Crippen MR) is 78.6 cm³/mol. The molecule has 112 valence electrons. The summed E-state index contributed by atoms with van der Waals surface area (Å²) in [4.78, 5) is 4.36. The van der Waals surface area contributed by atoms with Gasteiger partial charge in [0, 0.05) is 6.20 Å². The van der Waals surface area contributed by atoms with Gasteiger partial charge in [-0.05, 0) is 31.5 Å². The molecule has 5 nitrogen and oxygen atoms in total. The van der Waals surface area contributed by atoms with Crippen LogP contribution in [0.25, 0.3) is 0 Å². The van der Waals surface area contributed by atoms with E-state index in [0.717, 1.165) is 12.8 Å². The molecule has 0 aliphatic carbocycles. The first-order valence-corrected chi connectivity index (χ1v) is 8.75. The molecule has 0 radical (unpaired) electrons. The number of methoxy groups -OCH3 is 1. The lowest BCUT2D eigenvalue weighted by Gasteiger charge is -2.30. The van der Waals surface area contributed by atoms with Crippen LogP contribution in [0, 0.1) is 0 Å². The van der Waals surface area contributed by atoms with Gasteiger partial charge in [-0.3, -0.25) is 4.98 Å². The van der Waals surface area contributed by atoms with Crippen molar-refractivity contribution in [3.05, 3.63) is 24.0 Å². The fourth-order valence-electron chi connectivity index (χ4n) is 2.79. The Morgan fingerprint density at radius 3 is 2.95 bits per heavy atom. The molecular formula is C14H22N2O3S. The smallest absolute Gasteiger partial charge is 0.155 e. The average molecular weight is 298 g/mol. The second-order valence-corrected chi connectivity index (χ2v) is 7.37. The Hall–Kier alpha value is -1.14. The van der Waals surface area contributed by atoms with E-state index in [9.17, 15) is 8.42 Å². The Bertz CT molecular complexity index is 545. The molecule has 1 aliphatic heterocycles. The fraction of sp³-hybridized carbons (Fsp3) is 0.643. The van der Waals surface area contributed by atoms with Crippen molar-refractivity contribution < 1.29 is 13.2 Å². The minimum Gasteiger partial charge on any atom is -0.495 e. The summed E-state index contributed by atoms with van der Waals surface area (Å²) in [5.74, 6) is 0.911. The van der Waals surface area contributed by atoms with Gasteiger partial charge in [-0.25, -0.2) is 8.42 Å². The highest BCUT2D eigenvalue weighted by Gasteiger charge is 2.37. The van der Waals surface area contributed by atoms with E-state index < -0.39 is 15.1 Å². The Balaban J connectivity index is 2.40. The summed E-state index contributed by atoms with van der Waals surface area (Å²) in [5, 5.41) is 2.86. The van der Waals surface area contributed by atoms with Crippen molar-refractivity contribution in [1.29, 1.82) is 0 Å². The Labute approximate surface area is 120 Å². The molecule has 0 spiro atoms. The van der Waals surface area contributed by atoms with Gasteiger partial charge in [0.1, 0.15) is 11.4 Å². The molecule has 1 aromatic rings. The molecule has 2 unspecified atom stereocenters. The zero-order valence-corrected chi connectivity index (χ0v) is 12.8. The number of sulfone groups is 1. The summed E-state index contributed by atoms with van der Waals surface area (Å²) < 4.78 is 30.1. The second kappa shape index (κ2) is 6.54. The van der Waals surface area contributed by atoms with Crippen molar-refractivity contribution in [2.75, 3.05) is 19.4 Å². The standard InChI is InChI=1S/C14H22N2O3S/c1-3-15-14(12-8-4-5-10-20(12,17)18)13-11(19-2)7-6-9-16-13/h6-7,9,12,14-15H,3-5,8,10H2,1-2H3. The van der Waals surface area contributed by atoms with Gasteiger partial charge >= 0.3 is 0 Å². The van der Waals surface area contributed by atoms with Crippen LogP contribution in [-0.4, -0.2) is 38.1 Å². The molecule has 0 amide bonds. The Morgan fingerprint density at radius 1 is 1.50 bits per heavy atom. The first-order valence-electron chi connectivity index (χ1n) is 7.04. The van der Waals surface area contributed by atoms with E-state index in [4.69, 9.17) is 4.74 Å². The summed E-state index contributed by atoms with van der Waals surface area (Å²) in [7, 11) is -1.49. The van der Waals surface area contributed by atoms with E-state index in [-0.39, 0.29) is 11.8 Å². The van der Waals surface area contributed by atoms with Crippen molar-refractivity contribution >= 4 is 9.84 Å². The van der Waals surface area contributed by atoms with Crippen LogP contribution in [-0.2, 0) is 9.84 Å². The van der Waals surface area contributed by atoms with Gasteiger partial charge in [-0.2, -0.15) is 0 Å². The highest BCUT2D eigenvalue weighted by atomic mass is 32.2. The normalized spacial score (nSPS) is 23.2. The van der Waals surface area contributed by atoms with E-state index in [0.29, 0.717) is 24.4 Å². The third kappa shape index (κ3) is 3.12. The summed E-state index contributed by atoms with van der Waals surface area (Å²) >= 11 is 0. The molecule has 1 aliphatic rings. The molecule has 2 atom stereocenters. The van der Waals surface area contributed by atoms with Crippen LogP contribution >= 0.6 is 0 Å². The number of aromatic nitrogens is 1. The van der Waals surface area contributed by atoms with Gasteiger partial charge in [-0.1, -0.05) is 13.3 Å². The van der Waals surface area contributed by atoms with E-state index >= 15 is 0 Å². The molecule has 1 fully saturated rings. The number of nitrogens with one attached hydrogen (secondary N) is 1. The molecule has 6 heteroatoms. The summed E-state index contributed by atoms with van der Waals surface area (Å²) in [6.45, 7) is 2.66. The highest BCUT2D eigenvalue weighted by molar-refractivity contribution is 7.92. The zero-order chi connectivity index (χ0) is 14.6. The van der Waals surface area contributed by atoms with E-state index in [1.54, 1.807) is 19.4 Å². The van der Waals surface area contributed by atoms with Gasteiger partial charge in [0.2, 0.25) is 0 Å². The number of hydrogen-bond acceptors (Lipinski definition) is 5. The van der Waals surface area contributed by atoms with Crippen LogP contribution in [0.5, 0.6) is 5.75 Å². The molecular weight excluding hydrogens is 276 g/mol. The Morgan fingerprint density at radius 2 is 2.30 bits per heavy atom. The van der Waals surface area contributed by atoms with Crippen molar-refractivity contribution in [2.24, 2.45) is 0 Å². The Kier molecular flexibility index (Phi) is 4.99. The van der Waals surface area contributed by atoms with Gasteiger partial charge in [0.15, 0.2) is 9.84 Å². The van der Waals surface area contributed by atoms with Gasteiger partial charge in [-0.15, -0.1) is 0 Å². The van der Waals surface area contributed by atoms with Crippen LogP contribution in [0.3, 0.4) is 0 Å². The summed E-state index contributed by atoms with van der Waals surface area (Å²) in [5.41, 5.74) is 0.687. The van der Waals surface area contributed by atoms with Crippen LogP contribution in [0.1, 0.15) is 37.9 Å². The number of pyridine rings is 1. The zero-order valence-electron chi connectivity index (χ0n) is 12.0. The highest BCUT2D eigenvalue weighted by Crippen LogP contribution is 2.33. The van der Waals surface area contributed by atoms with E-state index in [2.05, 4.69) is 10.3 Å². The third-order valence-electron chi connectivity index (χ3n) is 3.74. The SMILES string of the molecule is CCNC(c1ncccc1OC)C1CCCCS1(=O)=O. The molecule has 1 aromatic heterocycles. The van der Waals surface area contributed by atoms with Crippen LogP contribution < -0.4 is 10.1 Å². The van der Waals surface area contributed by atoms with Crippen molar-refractivity contribution in [1.82, 2.24) is 10.3 Å². The minimum absolute atomic E-state index is 0.273. The number of hydrogen-bond donors (Lipinski definition) is 1. The topological polar surface area (TPSA) is 68.3 Å². The number of ether oxygens (including phenoxy) is 1. The number of rotatable bonds is 5. The molecule has 2 heterocycles. The molecule has 20 heavy (non-hydrogen) atoms. The van der Waals surface area contributed by atoms with Crippen molar-refractivity contribution in [3.63, 3.8) is 0 Å². The molecule has 1 saturated heterocycles.